The lowest BCUT2D eigenvalue weighted by atomic mass is 10.0. The molecule has 1 aromatic carbocycles. The normalized spacial score (nSPS) is 13.0. The minimum absolute atomic E-state index is 0.382. The molecule has 0 saturated heterocycles. The Bertz CT molecular complexity index is 808. The van der Waals surface area contributed by atoms with Gasteiger partial charge in [0.05, 0.1) is 11.3 Å². The van der Waals surface area contributed by atoms with E-state index >= 15 is 0 Å². The topological polar surface area (TPSA) is 76.3 Å². The van der Waals surface area contributed by atoms with E-state index in [0.717, 1.165) is 5.56 Å². The van der Waals surface area contributed by atoms with Crippen LogP contribution in [0, 0.1) is 0 Å². The van der Waals surface area contributed by atoms with E-state index in [4.69, 9.17) is 4.52 Å². The number of nitrogens with zero attached hydrogens (tertiary/aromatic N) is 3. The number of rotatable bonds is 7. The Hall–Kier alpha value is -1.73. The Morgan fingerprint density at radius 1 is 1.20 bits per heavy atom. The van der Waals surface area contributed by atoms with Crippen molar-refractivity contribution in [1.82, 2.24) is 15.0 Å². The van der Waals surface area contributed by atoms with Gasteiger partial charge in [0, 0.05) is 18.4 Å². The molecule has 2 aromatic rings. The SMILES string of the molecule is CC(C)c1ccc(-c2noc(CN(C)CC(C)(C)S(C)(=O)=O)n2)cc1. The fourth-order valence-electron chi connectivity index (χ4n) is 2.51. The van der Waals surface area contributed by atoms with Gasteiger partial charge in [0.2, 0.25) is 11.7 Å². The summed E-state index contributed by atoms with van der Waals surface area (Å²) in [7, 11) is -1.31. The smallest absolute Gasteiger partial charge is 0.241 e. The minimum Gasteiger partial charge on any atom is -0.338 e. The molecule has 0 aliphatic heterocycles. The Balaban J connectivity index is 2.06. The highest BCUT2D eigenvalue weighted by Gasteiger charge is 2.31. The lowest BCUT2D eigenvalue weighted by Gasteiger charge is -2.27. The van der Waals surface area contributed by atoms with Crippen LogP contribution in [-0.4, -0.2) is 48.1 Å². The number of hydrogen-bond acceptors (Lipinski definition) is 6. The molecule has 0 bridgehead atoms. The van der Waals surface area contributed by atoms with E-state index in [1.807, 2.05) is 24.1 Å². The van der Waals surface area contributed by atoms with Crippen LogP contribution in [-0.2, 0) is 16.4 Å². The highest BCUT2D eigenvalue weighted by atomic mass is 32.2. The molecular weight excluding hydrogens is 338 g/mol. The quantitative estimate of drug-likeness (QED) is 0.750. The van der Waals surface area contributed by atoms with Crippen LogP contribution in [0.4, 0.5) is 0 Å². The fourth-order valence-corrected chi connectivity index (χ4v) is 2.96. The third-order valence-electron chi connectivity index (χ3n) is 4.36. The summed E-state index contributed by atoms with van der Waals surface area (Å²) in [4.78, 5) is 6.29. The highest BCUT2D eigenvalue weighted by molar-refractivity contribution is 7.92. The molecule has 0 aliphatic rings. The third-order valence-corrected chi connectivity index (χ3v) is 6.50. The van der Waals surface area contributed by atoms with E-state index in [-0.39, 0.29) is 0 Å². The van der Waals surface area contributed by atoms with Gasteiger partial charge in [-0.3, -0.25) is 4.90 Å². The fraction of sp³-hybridized carbons (Fsp3) is 0.556. The Kier molecular flexibility index (Phi) is 5.68. The lowest BCUT2D eigenvalue weighted by molar-refractivity contribution is 0.250. The summed E-state index contributed by atoms with van der Waals surface area (Å²) >= 11 is 0. The molecule has 0 fully saturated rings. The van der Waals surface area contributed by atoms with Gasteiger partial charge in [0.25, 0.3) is 0 Å². The summed E-state index contributed by atoms with van der Waals surface area (Å²) in [5.74, 6) is 1.48. The van der Waals surface area contributed by atoms with Gasteiger partial charge in [-0.25, -0.2) is 8.42 Å². The van der Waals surface area contributed by atoms with Crippen molar-refractivity contribution in [3.05, 3.63) is 35.7 Å². The molecule has 6 nitrogen and oxygen atoms in total. The van der Waals surface area contributed by atoms with Crippen LogP contribution in [0.25, 0.3) is 11.4 Å². The maximum Gasteiger partial charge on any atom is 0.241 e. The van der Waals surface area contributed by atoms with E-state index in [1.54, 1.807) is 13.8 Å². The van der Waals surface area contributed by atoms with E-state index < -0.39 is 14.6 Å². The summed E-state index contributed by atoms with van der Waals surface area (Å²) in [5, 5.41) is 4.03. The molecule has 1 heterocycles. The zero-order valence-corrected chi connectivity index (χ0v) is 16.6. The van der Waals surface area contributed by atoms with Gasteiger partial charge in [-0.2, -0.15) is 4.98 Å². The predicted octanol–water partition coefficient (Wildman–Crippen LogP) is 3.12. The van der Waals surface area contributed by atoms with Gasteiger partial charge < -0.3 is 4.52 Å². The van der Waals surface area contributed by atoms with Gasteiger partial charge >= 0.3 is 0 Å². The van der Waals surface area contributed by atoms with Crippen molar-refractivity contribution < 1.29 is 12.9 Å². The van der Waals surface area contributed by atoms with Crippen LogP contribution < -0.4 is 0 Å². The second-order valence-corrected chi connectivity index (χ2v) is 10.1. The molecule has 0 radical (unpaired) electrons. The molecular formula is C18H27N3O3S. The first-order valence-electron chi connectivity index (χ1n) is 8.30. The summed E-state index contributed by atoms with van der Waals surface area (Å²) in [6, 6.07) is 8.11. The molecule has 0 N–H and O–H groups in total. The Morgan fingerprint density at radius 2 is 1.80 bits per heavy atom. The molecule has 0 saturated carbocycles. The van der Waals surface area contributed by atoms with Gasteiger partial charge in [0.15, 0.2) is 9.84 Å². The summed E-state index contributed by atoms with van der Waals surface area (Å²) in [6.07, 6.45) is 1.26. The number of aromatic nitrogens is 2. The third kappa shape index (κ3) is 4.89. The molecule has 1 aromatic heterocycles. The summed E-state index contributed by atoms with van der Waals surface area (Å²) < 4.78 is 28.1. The molecule has 25 heavy (non-hydrogen) atoms. The Morgan fingerprint density at radius 3 is 2.32 bits per heavy atom. The van der Waals surface area contributed by atoms with E-state index in [0.29, 0.717) is 30.7 Å². The van der Waals surface area contributed by atoms with Gasteiger partial charge in [-0.1, -0.05) is 43.3 Å². The molecule has 2 rings (SSSR count). The van der Waals surface area contributed by atoms with Gasteiger partial charge in [-0.05, 0) is 32.4 Å². The maximum absolute atomic E-state index is 11.8. The van der Waals surface area contributed by atoms with Crippen molar-refractivity contribution in [1.29, 1.82) is 0 Å². The second kappa shape index (κ2) is 7.25. The predicted molar refractivity (Wildman–Crippen MR) is 99.1 cm³/mol. The van der Waals surface area contributed by atoms with Crippen molar-refractivity contribution in [2.45, 2.75) is 44.9 Å². The summed E-state index contributed by atoms with van der Waals surface area (Å²) in [6.45, 7) is 8.51. The monoisotopic (exact) mass is 365 g/mol. The molecule has 0 amide bonds. The molecule has 0 atom stereocenters. The first kappa shape index (κ1) is 19.6. The molecule has 0 unspecified atom stereocenters. The first-order valence-corrected chi connectivity index (χ1v) is 10.2. The van der Waals surface area contributed by atoms with Gasteiger partial charge in [-0.15, -0.1) is 0 Å². The van der Waals surface area contributed by atoms with Gasteiger partial charge in [0.1, 0.15) is 0 Å². The average molecular weight is 365 g/mol. The van der Waals surface area contributed by atoms with Crippen molar-refractivity contribution in [2.24, 2.45) is 0 Å². The highest BCUT2D eigenvalue weighted by Crippen LogP contribution is 2.21. The van der Waals surface area contributed by atoms with Crippen LogP contribution in [0.15, 0.2) is 28.8 Å². The standard InChI is InChI=1S/C18H27N3O3S/c1-13(2)14-7-9-15(10-8-14)17-19-16(24-20-17)11-21(5)12-18(3,4)25(6,22)23/h7-10,13H,11-12H2,1-6H3. The number of benzene rings is 1. The van der Waals surface area contributed by atoms with Crippen molar-refractivity contribution in [3.63, 3.8) is 0 Å². The van der Waals surface area contributed by atoms with Crippen LogP contribution >= 0.6 is 0 Å². The first-order chi connectivity index (χ1) is 11.5. The lowest BCUT2D eigenvalue weighted by Crippen LogP contribution is -2.42. The molecule has 0 spiro atoms. The van der Waals surface area contributed by atoms with Crippen LogP contribution in [0.2, 0.25) is 0 Å². The molecule has 0 aliphatic carbocycles. The Labute approximate surface area is 150 Å². The zero-order valence-electron chi connectivity index (χ0n) is 15.8. The van der Waals surface area contributed by atoms with E-state index in [2.05, 4.69) is 36.1 Å². The molecule has 7 heteroatoms. The van der Waals surface area contributed by atoms with E-state index in [9.17, 15) is 8.42 Å². The largest absolute Gasteiger partial charge is 0.338 e. The zero-order chi connectivity index (χ0) is 18.8. The number of hydrogen-bond donors (Lipinski definition) is 0. The van der Waals surface area contributed by atoms with Crippen molar-refractivity contribution >= 4 is 9.84 Å². The average Bonchev–Trinajstić information content (AvgIpc) is 2.93. The van der Waals surface area contributed by atoms with Crippen molar-refractivity contribution in [3.8, 4) is 11.4 Å². The molecule has 138 valence electrons. The number of sulfone groups is 1. The minimum atomic E-state index is -3.15. The summed E-state index contributed by atoms with van der Waals surface area (Å²) in [5.41, 5.74) is 2.16. The van der Waals surface area contributed by atoms with Crippen LogP contribution in [0.1, 0.15) is 45.1 Å². The van der Waals surface area contributed by atoms with Crippen LogP contribution in [0.5, 0.6) is 0 Å². The van der Waals surface area contributed by atoms with Crippen molar-refractivity contribution in [2.75, 3.05) is 19.8 Å². The second-order valence-electron chi connectivity index (χ2n) is 7.49. The maximum atomic E-state index is 11.8. The van der Waals surface area contributed by atoms with E-state index in [1.165, 1.54) is 11.8 Å². The van der Waals surface area contributed by atoms with Crippen LogP contribution in [0.3, 0.4) is 0 Å².